The summed E-state index contributed by atoms with van der Waals surface area (Å²) < 4.78 is 1.97. The molecule has 0 aliphatic heterocycles. The van der Waals surface area contributed by atoms with E-state index in [4.69, 9.17) is 4.98 Å². The summed E-state index contributed by atoms with van der Waals surface area (Å²) in [5.74, 6) is 0.758. The van der Waals surface area contributed by atoms with Gasteiger partial charge in [-0.2, -0.15) is 5.10 Å². The second-order valence-electron chi connectivity index (χ2n) is 5.70. The largest absolute Gasteiger partial charge is 0.246 e. The molecule has 2 heterocycles. The average molecular weight is 246 g/mol. The number of nitrogens with zero attached hydrogens (tertiary/aromatic N) is 4. The Hall–Kier alpha value is -1.45. The lowest BCUT2D eigenvalue weighted by Gasteiger charge is -2.07. The molecule has 18 heavy (non-hydrogen) atoms. The molecule has 0 saturated heterocycles. The van der Waals surface area contributed by atoms with Crippen molar-refractivity contribution in [2.75, 3.05) is 0 Å². The molecule has 0 saturated carbocycles. The maximum Gasteiger partial charge on any atom is 0.177 e. The smallest absolute Gasteiger partial charge is 0.177 e. The molecule has 0 N–H and O–H groups in total. The molecule has 2 aromatic heterocycles. The van der Waals surface area contributed by atoms with Gasteiger partial charge in [0.15, 0.2) is 5.65 Å². The summed E-state index contributed by atoms with van der Waals surface area (Å²) in [5, 5.41) is 4.68. The van der Waals surface area contributed by atoms with E-state index in [2.05, 4.69) is 51.6 Å². The third-order valence-electron chi connectivity index (χ3n) is 3.07. The van der Waals surface area contributed by atoms with Gasteiger partial charge in [0.05, 0.1) is 17.6 Å². The molecule has 0 aliphatic rings. The van der Waals surface area contributed by atoms with Crippen LogP contribution in [0.5, 0.6) is 0 Å². The Balaban J connectivity index is 2.71. The molecule has 0 amide bonds. The number of hydrogen-bond acceptors (Lipinski definition) is 3. The van der Waals surface area contributed by atoms with Gasteiger partial charge in [-0.15, -0.1) is 0 Å². The van der Waals surface area contributed by atoms with Crippen LogP contribution in [0.2, 0.25) is 0 Å². The van der Waals surface area contributed by atoms with Gasteiger partial charge in [-0.05, 0) is 25.7 Å². The summed E-state index contributed by atoms with van der Waals surface area (Å²) in [4.78, 5) is 9.32. The minimum Gasteiger partial charge on any atom is -0.246 e. The highest BCUT2D eigenvalue weighted by Gasteiger charge is 2.18. The molecule has 2 aromatic rings. The molecular formula is C14H22N4. The van der Waals surface area contributed by atoms with Crippen molar-refractivity contribution in [3.63, 3.8) is 0 Å². The molecule has 0 bridgehead atoms. The van der Waals surface area contributed by atoms with E-state index in [9.17, 15) is 0 Å². The Kier molecular flexibility index (Phi) is 3.37. The normalized spacial score (nSPS) is 12.3. The molecule has 0 aromatic carbocycles. The Bertz CT molecular complexity index is 552. The fourth-order valence-electron chi connectivity index (χ4n) is 1.97. The van der Waals surface area contributed by atoms with Crippen molar-refractivity contribution in [3.8, 4) is 0 Å². The molecule has 4 heteroatoms. The van der Waals surface area contributed by atoms with Gasteiger partial charge in [0.2, 0.25) is 0 Å². The van der Waals surface area contributed by atoms with Gasteiger partial charge >= 0.3 is 0 Å². The monoisotopic (exact) mass is 246 g/mol. The van der Waals surface area contributed by atoms with Crippen LogP contribution >= 0.6 is 0 Å². The number of fused-ring (bicyclic) bond motifs is 1. The van der Waals surface area contributed by atoms with Crippen LogP contribution in [0.15, 0.2) is 6.20 Å². The minimum absolute atomic E-state index is 0.305. The predicted octanol–water partition coefficient (Wildman–Crippen LogP) is 3.65. The van der Waals surface area contributed by atoms with E-state index >= 15 is 0 Å². The van der Waals surface area contributed by atoms with Crippen molar-refractivity contribution in [2.45, 2.75) is 59.4 Å². The molecule has 0 atom stereocenters. The minimum atomic E-state index is 0.305. The fraction of sp³-hybridized carbons (Fsp3) is 0.643. The fourth-order valence-corrected chi connectivity index (χ4v) is 1.97. The first-order valence-corrected chi connectivity index (χ1v) is 6.66. The topological polar surface area (TPSA) is 43.6 Å². The predicted molar refractivity (Wildman–Crippen MR) is 73.9 cm³/mol. The molecule has 2 rings (SSSR count). The Labute approximate surface area is 108 Å². The summed E-state index contributed by atoms with van der Waals surface area (Å²) in [5.41, 5.74) is 3.95. The van der Waals surface area contributed by atoms with Gasteiger partial charge in [-0.1, -0.05) is 27.7 Å². The van der Waals surface area contributed by atoms with Gasteiger partial charge < -0.3 is 0 Å². The van der Waals surface area contributed by atoms with Gasteiger partial charge in [0.1, 0.15) is 5.52 Å². The molecular weight excluding hydrogens is 224 g/mol. The summed E-state index contributed by atoms with van der Waals surface area (Å²) in [7, 11) is 0. The standard InChI is InChI=1S/C14H22N4/c1-8(2)11-7-15-14-13(16-11)12(9(3)4)17-18(14)10(5)6/h7-10H,1-6H3. The summed E-state index contributed by atoms with van der Waals surface area (Å²) >= 11 is 0. The van der Waals surface area contributed by atoms with Crippen molar-refractivity contribution < 1.29 is 0 Å². The van der Waals surface area contributed by atoms with Crippen molar-refractivity contribution in [1.82, 2.24) is 19.7 Å². The maximum absolute atomic E-state index is 4.75. The van der Waals surface area contributed by atoms with Crippen LogP contribution in [0.4, 0.5) is 0 Å². The Morgan fingerprint density at radius 2 is 1.67 bits per heavy atom. The SMILES string of the molecule is CC(C)c1cnc2c(n1)c(C(C)C)nn2C(C)C. The third-order valence-corrected chi connectivity index (χ3v) is 3.07. The summed E-state index contributed by atoms with van der Waals surface area (Å²) in [6.45, 7) is 12.8. The zero-order valence-electron chi connectivity index (χ0n) is 12.1. The average Bonchev–Trinajstić information content (AvgIpc) is 2.67. The van der Waals surface area contributed by atoms with E-state index in [1.807, 2.05) is 10.9 Å². The second-order valence-corrected chi connectivity index (χ2v) is 5.70. The highest BCUT2D eigenvalue weighted by molar-refractivity contribution is 5.74. The molecule has 0 spiro atoms. The van der Waals surface area contributed by atoms with Gasteiger partial charge in [0, 0.05) is 6.04 Å². The molecule has 0 radical (unpaired) electrons. The molecule has 98 valence electrons. The van der Waals surface area contributed by atoms with Crippen molar-refractivity contribution in [2.24, 2.45) is 0 Å². The lowest BCUT2D eigenvalue weighted by molar-refractivity contribution is 0.535. The van der Waals surface area contributed by atoms with E-state index < -0.39 is 0 Å². The van der Waals surface area contributed by atoms with E-state index in [-0.39, 0.29) is 0 Å². The lowest BCUT2D eigenvalue weighted by Crippen LogP contribution is -2.04. The zero-order valence-corrected chi connectivity index (χ0v) is 12.1. The van der Waals surface area contributed by atoms with E-state index in [1.165, 1.54) is 0 Å². The molecule has 0 fully saturated rings. The van der Waals surface area contributed by atoms with Crippen LogP contribution in [0.3, 0.4) is 0 Å². The number of aromatic nitrogens is 4. The van der Waals surface area contributed by atoms with Crippen molar-refractivity contribution in [1.29, 1.82) is 0 Å². The van der Waals surface area contributed by atoms with E-state index in [0.29, 0.717) is 17.9 Å². The van der Waals surface area contributed by atoms with Crippen molar-refractivity contribution >= 4 is 11.2 Å². The van der Waals surface area contributed by atoms with Crippen LogP contribution < -0.4 is 0 Å². The lowest BCUT2D eigenvalue weighted by atomic mass is 10.1. The Morgan fingerprint density at radius 1 is 1.00 bits per heavy atom. The van der Waals surface area contributed by atoms with Crippen LogP contribution in [0.1, 0.15) is 70.8 Å². The summed E-state index contributed by atoms with van der Waals surface area (Å²) in [6.07, 6.45) is 1.87. The highest BCUT2D eigenvalue weighted by atomic mass is 15.3. The zero-order chi connectivity index (χ0) is 13.4. The van der Waals surface area contributed by atoms with E-state index in [1.54, 1.807) is 0 Å². The number of rotatable bonds is 3. The van der Waals surface area contributed by atoms with Gasteiger partial charge in [-0.25, -0.2) is 14.6 Å². The molecule has 0 unspecified atom stereocenters. The number of hydrogen-bond donors (Lipinski definition) is 0. The Morgan fingerprint density at radius 3 is 2.17 bits per heavy atom. The van der Waals surface area contributed by atoms with Crippen LogP contribution in [-0.2, 0) is 0 Å². The first-order chi connectivity index (χ1) is 8.41. The van der Waals surface area contributed by atoms with Crippen molar-refractivity contribution in [3.05, 3.63) is 17.6 Å². The summed E-state index contributed by atoms with van der Waals surface area (Å²) in [6, 6.07) is 0.305. The molecule has 0 aliphatic carbocycles. The van der Waals surface area contributed by atoms with Crippen LogP contribution in [-0.4, -0.2) is 19.7 Å². The first-order valence-electron chi connectivity index (χ1n) is 6.66. The van der Waals surface area contributed by atoms with Gasteiger partial charge in [0.25, 0.3) is 0 Å². The maximum atomic E-state index is 4.75. The van der Waals surface area contributed by atoms with Crippen LogP contribution in [0, 0.1) is 0 Å². The van der Waals surface area contributed by atoms with Gasteiger partial charge in [-0.3, -0.25) is 0 Å². The highest BCUT2D eigenvalue weighted by Crippen LogP contribution is 2.25. The van der Waals surface area contributed by atoms with Crippen LogP contribution in [0.25, 0.3) is 11.2 Å². The van der Waals surface area contributed by atoms with E-state index in [0.717, 1.165) is 22.6 Å². The first kappa shape index (κ1) is 13.0. The quantitative estimate of drug-likeness (QED) is 0.830. The third kappa shape index (κ3) is 2.11. The second kappa shape index (κ2) is 4.67. The molecule has 4 nitrogen and oxygen atoms in total.